The van der Waals surface area contributed by atoms with E-state index in [-0.39, 0.29) is 94.8 Å². The third kappa shape index (κ3) is 40.8. The number of benzene rings is 2. The Morgan fingerprint density at radius 3 is 1.49 bits per heavy atom. The van der Waals surface area contributed by atoms with Gasteiger partial charge in [-0.1, -0.05) is 37.1 Å². The second kappa shape index (κ2) is 36.6. The van der Waals surface area contributed by atoms with Crippen LogP contribution in [0.15, 0.2) is 48.5 Å². The molecule has 0 atom stereocenters. The number of nitrogens with one attached hydrogen (secondary N) is 2. The molecule has 0 saturated heterocycles. The van der Waals surface area contributed by atoms with Gasteiger partial charge in [0.25, 0.3) is 0 Å². The molecular weight excluding hydrogens is 796 g/mol. The standard InChI is InChI=1S/C8H10N3.C7H8N.CH4N2O3S.5CH4.2CH3.2FH.H2O3S.2Sn/c9-8(10)11-6-7-4-2-1-3-5-7;8-6-7-4-2-1-3-5-7;2-1(3)7(4,5)6;;;;;;;;;;1-4(2)3;;/h1-2,4-5H,6H2,(H4,9,10,11);1-2,4-5H,6,8H2;(H3,2,3)(H,4,5,6);5*1H4;2*1H3;2*1H;(H2,1,2,3);;/p-1. The Kier molecular flexibility index (Phi) is 56.2. The second-order valence-corrected chi connectivity index (χ2v) is 13.9. The van der Waals surface area contributed by atoms with Crippen molar-refractivity contribution >= 4 is 82.0 Å². The monoisotopic (exact) mass is 849 g/mol. The number of nitrogens with two attached hydrogens (primary N) is 4. The average molecular weight is 847 g/mol. The molecule has 0 saturated carbocycles. The molecule has 0 heterocycles. The number of hydrogen-bond donors (Lipinski definition) is 7. The van der Waals surface area contributed by atoms with Gasteiger partial charge in [-0.05, 0) is 0 Å². The molecule has 0 aromatic heterocycles. The number of rotatable bonds is 5. The van der Waals surface area contributed by atoms with Crippen molar-refractivity contribution in [1.29, 1.82) is 5.41 Å². The van der Waals surface area contributed by atoms with Gasteiger partial charge in [-0.25, -0.2) is 0 Å². The van der Waals surface area contributed by atoms with E-state index >= 15 is 0 Å². The van der Waals surface area contributed by atoms with Gasteiger partial charge in [0.1, 0.15) is 0 Å². The van der Waals surface area contributed by atoms with Crippen molar-refractivity contribution in [1.82, 2.24) is 0 Å². The summed E-state index contributed by atoms with van der Waals surface area (Å²) < 4.78 is 55.2. The first-order chi connectivity index (χ1) is 15.8. The zero-order valence-corrected chi connectivity index (χ0v) is 26.8. The van der Waals surface area contributed by atoms with E-state index in [9.17, 15) is 8.42 Å². The predicted molar refractivity (Wildman–Crippen MR) is 173 cm³/mol. The summed E-state index contributed by atoms with van der Waals surface area (Å²) in [7, 11) is -4.38. The van der Waals surface area contributed by atoms with Crippen molar-refractivity contribution in [3.63, 3.8) is 0 Å². The van der Waals surface area contributed by atoms with Crippen LogP contribution in [0.1, 0.15) is 48.3 Å². The van der Waals surface area contributed by atoms with Gasteiger partial charge in [0, 0.05) is 0 Å². The molecule has 0 aliphatic carbocycles. The number of halogens is 2. The first kappa shape index (κ1) is 63.0. The summed E-state index contributed by atoms with van der Waals surface area (Å²) in [4.78, 5) is 7.53. The van der Waals surface area contributed by atoms with Crippen LogP contribution in [0.3, 0.4) is 0 Å². The zero-order valence-electron chi connectivity index (χ0n) is 19.5. The Bertz CT molecular complexity index is 1030. The molecule has 0 amide bonds. The van der Waals surface area contributed by atoms with Crippen molar-refractivity contribution in [3.05, 3.63) is 59.7 Å². The van der Waals surface area contributed by atoms with E-state index < -0.39 is 26.6 Å². The van der Waals surface area contributed by atoms with Crippen LogP contribution in [-0.4, -0.2) is 79.7 Å². The molecule has 244 valence electrons. The average Bonchev–Trinajstić information content (AvgIpc) is 2.77. The Hall–Kier alpha value is -1.42. The van der Waals surface area contributed by atoms with Gasteiger partial charge >= 0.3 is 170 Å². The minimum atomic E-state index is -4.38. The van der Waals surface area contributed by atoms with Crippen molar-refractivity contribution in [2.75, 3.05) is 0 Å². The summed E-state index contributed by atoms with van der Waals surface area (Å²) in [6.07, 6.45) is 0. The van der Waals surface area contributed by atoms with E-state index in [4.69, 9.17) is 40.5 Å². The molecule has 0 aliphatic heterocycles. The first-order valence-electron chi connectivity index (χ1n) is 9.20. The van der Waals surface area contributed by atoms with Crippen LogP contribution < -0.4 is 35.1 Å². The fourth-order valence-corrected chi connectivity index (χ4v) is 5.28. The Morgan fingerprint density at radius 2 is 1.22 bits per heavy atom. The third-order valence-corrected chi connectivity index (χ3v) is 9.07. The van der Waals surface area contributed by atoms with E-state index in [2.05, 4.69) is 69.1 Å². The molecule has 0 unspecified atom stereocenters. The summed E-state index contributed by atoms with van der Waals surface area (Å²) in [6.45, 7) is 1.39. The molecule has 0 fully saturated rings. The van der Waals surface area contributed by atoms with Crippen LogP contribution in [0.25, 0.3) is 0 Å². The third-order valence-electron chi connectivity index (χ3n) is 3.44. The normalized spacial score (nSPS) is 8.17. The molecule has 11 N–H and O–H groups in total. The molecule has 0 bridgehead atoms. The molecule has 2 aromatic rings. The molecule has 2 aromatic carbocycles. The fraction of sp³-hybridized carbons (Fsp3) is 0.391. The predicted octanol–water partition coefficient (Wildman–Crippen LogP) is -0.310. The zero-order chi connectivity index (χ0) is 26.7. The Morgan fingerprint density at radius 1 is 0.902 bits per heavy atom. The van der Waals surface area contributed by atoms with Gasteiger partial charge in [-0.2, -0.15) is 8.42 Å². The maximum absolute atomic E-state index is 9.54. The number of amidine groups is 1. The summed E-state index contributed by atoms with van der Waals surface area (Å²) in [5, 5.41) is 4.86. The summed E-state index contributed by atoms with van der Waals surface area (Å²) in [6, 6.07) is 17.2. The summed E-state index contributed by atoms with van der Waals surface area (Å²) in [5.74, 6) is 0.280. The molecule has 0 aliphatic rings. The molecule has 12 nitrogen and oxygen atoms in total. The molecule has 0 spiro atoms. The van der Waals surface area contributed by atoms with Gasteiger partial charge < -0.3 is 14.8 Å². The van der Waals surface area contributed by atoms with Crippen LogP contribution >= 0.6 is 0 Å². The molecular formula is C23H51F2N6O6S2Sn2-. The summed E-state index contributed by atoms with van der Waals surface area (Å²) in [5.41, 5.74) is 22.9. The number of guanidine groups is 1. The maximum atomic E-state index is 9.54. The van der Waals surface area contributed by atoms with Crippen molar-refractivity contribution in [3.8, 4) is 0 Å². The van der Waals surface area contributed by atoms with Crippen molar-refractivity contribution in [2.45, 2.75) is 60.1 Å². The van der Waals surface area contributed by atoms with Crippen LogP contribution in [0.2, 0.25) is 9.88 Å². The molecule has 18 heteroatoms. The molecule has 41 heavy (non-hydrogen) atoms. The minimum absolute atomic E-state index is 0. The van der Waals surface area contributed by atoms with Gasteiger partial charge in [0.05, 0.1) is 0 Å². The van der Waals surface area contributed by atoms with Gasteiger partial charge in [-0.15, -0.1) is 11.4 Å². The SMILES string of the molecule is C.C.C.C.C.F.F.N=C(N)S(=O)(=O)O.O=S([O-])[O-].[CH3][Sn][c]1cccc(CN)c1.[CH3][Sn][c]1cccc(C[NH+]=C(N)N)c1. The van der Waals surface area contributed by atoms with Crippen LogP contribution in [-0.2, 0) is 34.6 Å². The Balaban J connectivity index is -0.0000000477. The van der Waals surface area contributed by atoms with Crippen molar-refractivity contribution < 1.29 is 40.7 Å². The van der Waals surface area contributed by atoms with E-state index in [1.807, 2.05) is 0 Å². The van der Waals surface area contributed by atoms with Crippen LogP contribution in [0.4, 0.5) is 9.41 Å². The molecule has 4 radical (unpaired) electrons. The second-order valence-electron chi connectivity index (χ2n) is 5.96. The van der Waals surface area contributed by atoms with E-state index in [1.54, 1.807) is 0 Å². The summed E-state index contributed by atoms with van der Waals surface area (Å²) >= 11 is -3.66. The number of hydrogen-bond acceptors (Lipinski definition) is 7. The van der Waals surface area contributed by atoms with E-state index in [1.165, 1.54) is 18.3 Å². The van der Waals surface area contributed by atoms with Crippen molar-refractivity contribution in [2.24, 2.45) is 22.9 Å². The molecule has 2 rings (SSSR count). The van der Waals surface area contributed by atoms with Crippen LogP contribution in [0.5, 0.6) is 0 Å². The van der Waals surface area contributed by atoms with E-state index in [0.29, 0.717) is 6.54 Å². The van der Waals surface area contributed by atoms with Gasteiger partial charge in [0.2, 0.25) is 5.17 Å². The quantitative estimate of drug-likeness (QED) is 0.0679. The topological polar surface area (TPSA) is 259 Å². The fourth-order valence-electron chi connectivity index (χ4n) is 1.89. The van der Waals surface area contributed by atoms with E-state index in [0.717, 1.165) is 6.54 Å². The Labute approximate surface area is 269 Å². The first-order valence-corrected chi connectivity index (χ1v) is 20.2. The van der Waals surface area contributed by atoms with Gasteiger partial charge in [0.15, 0.2) is 0 Å². The van der Waals surface area contributed by atoms with Gasteiger partial charge in [-0.3, -0.25) is 23.6 Å². The van der Waals surface area contributed by atoms with Crippen LogP contribution in [0, 0.1) is 5.41 Å².